The summed E-state index contributed by atoms with van der Waals surface area (Å²) in [4.78, 5) is 11.4. The van der Waals surface area contributed by atoms with Gasteiger partial charge in [-0.15, -0.1) is 0 Å². The van der Waals surface area contributed by atoms with Gasteiger partial charge < -0.3 is 14.6 Å². The first-order chi connectivity index (χ1) is 8.45. The van der Waals surface area contributed by atoms with Crippen LogP contribution in [0.25, 0.3) is 11.1 Å². The molecule has 0 aliphatic rings. The van der Waals surface area contributed by atoms with E-state index < -0.39 is 11.4 Å². The molecule has 5 heteroatoms. The fourth-order valence-corrected chi connectivity index (χ4v) is 2.04. The van der Waals surface area contributed by atoms with Crippen LogP contribution in [0.5, 0.6) is 0 Å². The van der Waals surface area contributed by atoms with Gasteiger partial charge in [0.15, 0.2) is 5.58 Å². The van der Waals surface area contributed by atoms with Crippen LogP contribution in [0.15, 0.2) is 27.4 Å². The average Bonchev–Trinajstić information content (AvgIpc) is 2.62. The van der Waals surface area contributed by atoms with Crippen molar-refractivity contribution in [1.82, 2.24) is 4.57 Å². The van der Waals surface area contributed by atoms with E-state index in [0.29, 0.717) is 29.5 Å². The Morgan fingerprint density at radius 2 is 2.17 bits per heavy atom. The SMILES string of the molecule is Cn1c(=O)oc2cc(C(C)(O)CCCO)ccc21. The lowest BCUT2D eigenvalue weighted by atomic mass is 9.91. The van der Waals surface area contributed by atoms with Crippen molar-refractivity contribution in [2.24, 2.45) is 7.05 Å². The Hall–Kier alpha value is -1.59. The number of rotatable bonds is 4. The Morgan fingerprint density at radius 1 is 1.44 bits per heavy atom. The predicted molar refractivity (Wildman–Crippen MR) is 67.3 cm³/mol. The number of aliphatic hydroxyl groups is 2. The lowest BCUT2D eigenvalue weighted by Gasteiger charge is -2.23. The summed E-state index contributed by atoms with van der Waals surface area (Å²) in [5, 5.41) is 19.1. The molecule has 0 spiro atoms. The van der Waals surface area contributed by atoms with Crippen molar-refractivity contribution in [3.8, 4) is 0 Å². The number of fused-ring (bicyclic) bond motifs is 1. The topological polar surface area (TPSA) is 75.6 Å². The summed E-state index contributed by atoms with van der Waals surface area (Å²) in [7, 11) is 1.64. The van der Waals surface area contributed by atoms with Crippen molar-refractivity contribution in [3.63, 3.8) is 0 Å². The van der Waals surface area contributed by atoms with Crippen molar-refractivity contribution >= 4 is 11.1 Å². The summed E-state index contributed by atoms with van der Waals surface area (Å²) >= 11 is 0. The zero-order valence-electron chi connectivity index (χ0n) is 10.5. The van der Waals surface area contributed by atoms with E-state index in [0.717, 1.165) is 0 Å². The number of hydrogen-bond acceptors (Lipinski definition) is 4. The highest BCUT2D eigenvalue weighted by atomic mass is 16.4. The van der Waals surface area contributed by atoms with E-state index in [-0.39, 0.29) is 6.61 Å². The molecule has 1 aromatic carbocycles. The number of benzene rings is 1. The Kier molecular flexibility index (Phi) is 3.28. The number of aryl methyl sites for hydroxylation is 1. The summed E-state index contributed by atoms with van der Waals surface area (Å²) in [6.45, 7) is 1.73. The first-order valence-corrected chi connectivity index (χ1v) is 5.89. The Labute approximate surface area is 104 Å². The molecule has 1 unspecified atom stereocenters. The quantitative estimate of drug-likeness (QED) is 0.853. The molecular formula is C13H17NO4. The van der Waals surface area contributed by atoms with Gasteiger partial charge in [0, 0.05) is 13.7 Å². The van der Waals surface area contributed by atoms with Crippen LogP contribution in [-0.2, 0) is 12.6 Å². The van der Waals surface area contributed by atoms with Gasteiger partial charge in [0.2, 0.25) is 0 Å². The Bertz CT molecular complexity index is 609. The third-order valence-electron chi connectivity index (χ3n) is 3.24. The second-order valence-electron chi connectivity index (χ2n) is 4.71. The van der Waals surface area contributed by atoms with Gasteiger partial charge in [-0.2, -0.15) is 0 Å². The van der Waals surface area contributed by atoms with Gasteiger partial charge in [-0.3, -0.25) is 4.57 Å². The highest BCUT2D eigenvalue weighted by Gasteiger charge is 2.23. The molecule has 1 atom stereocenters. The minimum Gasteiger partial charge on any atom is -0.408 e. The van der Waals surface area contributed by atoms with E-state index in [1.807, 2.05) is 0 Å². The first-order valence-electron chi connectivity index (χ1n) is 5.89. The lowest BCUT2D eigenvalue weighted by Crippen LogP contribution is -2.21. The molecule has 0 fully saturated rings. The van der Waals surface area contributed by atoms with Crippen molar-refractivity contribution in [2.75, 3.05) is 6.61 Å². The van der Waals surface area contributed by atoms with Crippen LogP contribution in [-0.4, -0.2) is 21.4 Å². The fraction of sp³-hybridized carbons (Fsp3) is 0.462. The standard InChI is InChI=1S/C13H17NO4/c1-13(17,6-3-7-15)9-4-5-10-11(8-9)18-12(16)14(10)2/h4-5,8,15,17H,3,6-7H2,1-2H3. The highest BCUT2D eigenvalue weighted by Crippen LogP contribution is 2.28. The van der Waals surface area contributed by atoms with Crippen LogP contribution >= 0.6 is 0 Å². The van der Waals surface area contributed by atoms with Crippen LogP contribution in [0.3, 0.4) is 0 Å². The van der Waals surface area contributed by atoms with Crippen LogP contribution in [0.4, 0.5) is 0 Å². The van der Waals surface area contributed by atoms with E-state index in [4.69, 9.17) is 9.52 Å². The molecule has 0 aliphatic carbocycles. The van der Waals surface area contributed by atoms with E-state index in [1.54, 1.807) is 32.2 Å². The monoisotopic (exact) mass is 251 g/mol. The van der Waals surface area contributed by atoms with E-state index in [2.05, 4.69) is 0 Å². The zero-order valence-corrected chi connectivity index (χ0v) is 10.5. The molecule has 0 radical (unpaired) electrons. The highest BCUT2D eigenvalue weighted by molar-refractivity contribution is 5.73. The molecule has 0 amide bonds. The second-order valence-corrected chi connectivity index (χ2v) is 4.71. The van der Waals surface area contributed by atoms with Gasteiger partial charge in [-0.25, -0.2) is 4.79 Å². The smallest absolute Gasteiger partial charge is 0.408 e. The molecule has 5 nitrogen and oxygen atoms in total. The minimum atomic E-state index is -1.04. The largest absolute Gasteiger partial charge is 0.419 e. The summed E-state index contributed by atoms with van der Waals surface area (Å²) in [6, 6.07) is 5.20. The summed E-state index contributed by atoms with van der Waals surface area (Å²) < 4.78 is 6.50. The number of oxazole rings is 1. The van der Waals surface area contributed by atoms with Gasteiger partial charge in [0.05, 0.1) is 11.1 Å². The molecule has 0 bridgehead atoms. The van der Waals surface area contributed by atoms with Crippen LogP contribution in [0.2, 0.25) is 0 Å². The van der Waals surface area contributed by atoms with Gasteiger partial charge in [-0.05, 0) is 37.5 Å². The molecule has 2 N–H and O–H groups in total. The third kappa shape index (κ3) is 2.19. The summed E-state index contributed by atoms with van der Waals surface area (Å²) in [5.41, 5.74) is 0.800. The molecule has 0 aliphatic heterocycles. The molecule has 2 aromatic rings. The number of aliphatic hydroxyl groups excluding tert-OH is 1. The molecule has 0 saturated carbocycles. The van der Waals surface area contributed by atoms with Crippen molar-refractivity contribution in [3.05, 3.63) is 34.3 Å². The van der Waals surface area contributed by atoms with Crippen LogP contribution < -0.4 is 5.76 Å². The van der Waals surface area contributed by atoms with Gasteiger partial charge in [0.25, 0.3) is 0 Å². The molecular weight excluding hydrogens is 234 g/mol. The summed E-state index contributed by atoms with van der Waals surface area (Å²) in [5.74, 6) is -0.419. The van der Waals surface area contributed by atoms with E-state index >= 15 is 0 Å². The minimum absolute atomic E-state index is 0.0405. The van der Waals surface area contributed by atoms with E-state index in [1.165, 1.54) is 4.57 Å². The molecule has 0 saturated heterocycles. The number of aromatic nitrogens is 1. The van der Waals surface area contributed by atoms with Crippen molar-refractivity contribution < 1.29 is 14.6 Å². The van der Waals surface area contributed by atoms with E-state index in [9.17, 15) is 9.90 Å². The fourth-order valence-electron chi connectivity index (χ4n) is 2.04. The van der Waals surface area contributed by atoms with Crippen molar-refractivity contribution in [2.45, 2.75) is 25.4 Å². The maximum atomic E-state index is 11.4. The molecule has 1 heterocycles. The van der Waals surface area contributed by atoms with Crippen LogP contribution in [0.1, 0.15) is 25.3 Å². The Morgan fingerprint density at radius 3 is 2.83 bits per heavy atom. The average molecular weight is 251 g/mol. The number of nitrogens with zero attached hydrogens (tertiary/aromatic N) is 1. The first kappa shape index (κ1) is 12.9. The lowest BCUT2D eigenvalue weighted by molar-refractivity contribution is 0.0404. The molecule has 98 valence electrons. The Balaban J connectivity index is 2.44. The maximum Gasteiger partial charge on any atom is 0.419 e. The second kappa shape index (κ2) is 4.59. The zero-order chi connectivity index (χ0) is 13.3. The third-order valence-corrected chi connectivity index (χ3v) is 3.24. The van der Waals surface area contributed by atoms with Crippen LogP contribution in [0, 0.1) is 0 Å². The molecule has 1 aromatic heterocycles. The van der Waals surface area contributed by atoms with Gasteiger partial charge in [-0.1, -0.05) is 6.07 Å². The predicted octanol–water partition coefficient (Wildman–Crippen LogP) is 1.11. The van der Waals surface area contributed by atoms with Gasteiger partial charge in [0.1, 0.15) is 0 Å². The molecule has 18 heavy (non-hydrogen) atoms. The number of hydrogen-bond donors (Lipinski definition) is 2. The van der Waals surface area contributed by atoms with Gasteiger partial charge >= 0.3 is 5.76 Å². The van der Waals surface area contributed by atoms with Crippen molar-refractivity contribution in [1.29, 1.82) is 0 Å². The normalized spacial score (nSPS) is 14.9. The maximum absolute atomic E-state index is 11.4. The summed E-state index contributed by atoms with van der Waals surface area (Å²) in [6.07, 6.45) is 0.968. The molecule has 2 rings (SSSR count).